The highest BCUT2D eigenvalue weighted by atomic mass is 15.2. The summed E-state index contributed by atoms with van der Waals surface area (Å²) in [6.45, 7) is 0. The molecule has 0 amide bonds. The quantitative estimate of drug-likeness (QED) is 0.567. The zero-order valence-corrected chi connectivity index (χ0v) is 10.3. The topological polar surface area (TPSA) is 38.0 Å². The van der Waals surface area contributed by atoms with Gasteiger partial charge >= 0.3 is 0 Å². The van der Waals surface area contributed by atoms with E-state index in [9.17, 15) is 0 Å². The molecule has 3 unspecified atom stereocenters. The summed E-state index contributed by atoms with van der Waals surface area (Å²) < 4.78 is 0. The third-order valence-corrected chi connectivity index (χ3v) is 5.38. The van der Waals surface area contributed by atoms with Crippen LogP contribution < -0.4 is 11.3 Å². The van der Waals surface area contributed by atoms with Crippen LogP contribution in [0.5, 0.6) is 0 Å². The van der Waals surface area contributed by atoms with Gasteiger partial charge < -0.3 is 0 Å². The van der Waals surface area contributed by atoms with Crippen LogP contribution in [0.4, 0.5) is 0 Å². The fourth-order valence-electron chi connectivity index (χ4n) is 4.27. The number of hydrazine groups is 1. The average Bonchev–Trinajstić information content (AvgIpc) is 2.94. The number of hydrogen-bond acceptors (Lipinski definition) is 2. The predicted octanol–water partition coefficient (Wildman–Crippen LogP) is 2.83. The van der Waals surface area contributed by atoms with Gasteiger partial charge in [-0.15, -0.1) is 0 Å². The van der Waals surface area contributed by atoms with Crippen molar-refractivity contribution in [2.24, 2.45) is 29.5 Å². The summed E-state index contributed by atoms with van der Waals surface area (Å²) >= 11 is 0. The lowest BCUT2D eigenvalue weighted by Crippen LogP contribution is -2.42. The Morgan fingerprint density at radius 1 is 1.00 bits per heavy atom. The van der Waals surface area contributed by atoms with E-state index in [0.29, 0.717) is 6.04 Å². The molecular weight excluding hydrogens is 196 g/mol. The van der Waals surface area contributed by atoms with Gasteiger partial charge in [-0.2, -0.15) is 0 Å². The van der Waals surface area contributed by atoms with Crippen molar-refractivity contribution in [3.63, 3.8) is 0 Å². The molecule has 3 rings (SSSR count). The molecule has 3 saturated carbocycles. The van der Waals surface area contributed by atoms with Gasteiger partial charge in [0.05, 0.1) is 0 Å². The highest BCUT2D eigenvalue weighted by Gasteiger charge is 2.47. The van der Waals surface area contributed by atoms with Crippen molar-refractivity contribution in [1.29, 1.82) is 0 Å². The van der Waals surface area contributed by atoms with Gasteiger partial charge in [-0.05, 0) is 49.4 Å². The highest BCUT2D eigenvalue weighted by molar-refractivity contribution is 4.99. The SMILES string of the molecule is NNC(CC1CCCCC1)C1CC2CC2C1. The van der Waals surface area contributed by atoms with Gasteiger partial charge in [0.15, 0.2) is 0 Å². The molecule has 0 aliphatic heterocycles. The van der Waals surface area contributed by atoms with Crippen LogP contribution in [-0.2, 0) is 0 Å². The van der Waals surface area contributed by atoms with E-state index < -0.39 is 0 Å². The second-order valence-corrected chi connectivity index (χ2v) is 6.50. The molecule has 0 saturated heterocycles. The molecule has 3 fully saturated rings. The largest absolute Gasteiger partial charge is 0.271 e. The predicted molar refractivity (Wildman–Crippen MR) is 66.6 cm³/mol. The van der Waals surface area contributed by atoms with Crippen LogP contribution in [0.25, 0.3) is 0 Å². The highest BCUT2D eigenvalue weighted by Crippen LogP contribution is 2.55. The average molecular weight is 222 g/mol. The minimum atomic E-state index is 0.621. The molecule has 0 bridgehead atoms. The first-order valence-corrected chi connectivity index (χ1v) is 7.33. The van der Waals surface area contributed by atoms with E-state index in [1.54, 1.807) is 0 Å². The van der Waals surface area contributed by atoms with Crippen LogP contribution >= 0.6 is 0 Å². The summed E-state index contributed by atoms with van der Waals surface area (Å²) in [5.74, 6) is 9.82. The van der Waals surface area contributed by atoms with Crippen LogP contribution in [0.2, 0.25) is 0 Å². The first-order valence-electron chi connectivity index (χ1n) is 7.33. The van der Waals surface area contributed by atoms with Gasteiger partial charge in [0.25, 0.3) is 0 Å². The molecule has 0 radical (unpaired) electrons. The molecule has 92 valence electrons. The Kier molecular flexibility index (Phi) is 3.21. The van der Waals surface area contributed by atoms with Crippen molar-refractivity contribution in [2.75, 3.05) is 0 Å². The van der Waals surface area contributed by atoms with Crippen molar-refractivity contribution >= 4 is 0 Å². The van der Waals surface area contributed by atoms with Gasteiger partial charge in [-0.1, -0.05) is 32.1 Å². The lowest BCUT2D eigenvalue weighted by molar-refractivity contribution is 0.243. The molecule has 0 aromatic rings. The van der Waals surface area contributed by atoms with Gasteiger partial charge in [0, 0.05) is 6.04 Å². The number of nitrogens with two attached hydrogens (primary N) is 1. The summed E-state index contributed by atoms with van der Waals surface area (Å²) in [5, 5.41) is 0. The molecule has 3 aliphatic carbocycles. The fourth-order valence-corrected chi connectivity index (χ4v) is 4.27. The van der Waals surface area contributed by atoms with Crippen LogP contribution in [0.1, 0.15) is 57.8 Å². The molecular formula is C14H26N2. The molecule has 3 aliphatic rings. The van der Waals surface area contributed by atoms with Crippen LogP contribution in [0, 0.1) is 23.7 Å². The lowest BCUT2D eigenvalue weighted by Gasteiger charge is -2.30. The van der Waals surface area contributed by atoms with E-state index >= 15 is 0 Å². The zero-order chi connectivity index (χ0) is 11.0. The first kappa shape index (κ1) is 11.0. The third-order valence-electron chi connectivity index (χ3n) is 5.38. The van der Waals surface area contributed by atoms with Crippen LogP contribution in [0.15, 0.2) is 0 Å². The van der Waals surface area contributed by atoms with E-state index in [0.717, 1.165) is 23.7 Å². The Balaban J connectivity index is 1.50. The Hall–Kier alpha value is -0.0800. The Morgan fingerprint density at radius 3 is 2.31 bits per heavy atom. The summed E-state index contributed by atoms with van der Waals surface area (Å²) in [5.41, 5.74) is 3.13. The van der Waals surface area contributed by atoms with Gasteiger partial charge in [-0.3, -0.25) is 11.3 Å². The van der Waals surface area contributed by atoms with Crippen molar-refractivity contribution in [1.82, 2.24) is 5.43 Å². The maximum atomic E-state index is 5.78. The lowest BCUT2D eigenvalue weighted by atomic mass is 9.81. The van der Waals surface area contributed by atoms with E-state index in [2.05, 4.69) is 5.43 Å². The fraction of sp³-hybridized carbons (Fsp3) is 1.00. The Morgan fingerprint density at radius 2 is 1.69 bits per heavy atom. The van der Waals surface area contributed by atoms with Gasteiger partial charge in [0.2, 0.25) is 0 Å². The third kappa shape index (κ3) is 2.28. The number of nitrogens with one attached hydrogen (secondary N) is 1. The monoisotopic (exact) mass is 222 g/mol. The van der Waals surface area contributed by atoms with Crippen molar-refractivity contribution < 1.29 is 0 Å². The molecule has 0 heterocycles. The van der Waals surface area contributed by atoms with Crippen molar-refractivity contribution in [2.45, 2.75) is 63.8 Å². The number of fused-ring (bicyclic) bond motifs is 1. The molecule has 0 aromatic carbocycles. The summed E-state index contributed by atoms with van der Waals surface area (Å²) in [6, 6.07) is 0.621. The van der Waals surface area contributed by atoms with Gasteiger partial charge in [0.1, 0.15) is 0 Å². The summed E-state index contributed by atoms with van der Waals surface area (Å²) in [6.07, 6.45) is 13.1. The maximum absolute atomic E-state index is 5.78. The van der Waals surface area contributed by atoms with Crippen LogP contribution in [0.3, 0.4) is 0 Å². The standard InChI is InChI=1S/C14H26N2/c15-16-14(6-10-4-2-1-3-5-10)13-8-11-7-12(11)9-13/h10-14,16H,1-9,15H2. The minimum Gasteiger partial charge on any atom is -0.271 e. The second-order valence-electron chi connectivity index (χ2n) is 6.50. The molecule has 16 heavy (non-hydrogen) atoms. The zero-order valence-electron chi connectivity index (χ0n) is 10.3. The van der Waals surface area contributed by atoms with E-state index in [4.69, 9.17) is 5.84 Å². The molecule has 3 N–H and O–H groups in total. The smallest absolute Gasteiger partial charge is 0.0241 e. The molecule has 2 heteroatoms. The Labute approximate surface area is 99.3 Å². The van der Waals surface area contributed by atoms with E-state index in [1.165, 1.54) is 57.8 Å². The Bertz CT molecular complexity index is 225. The van der Waals surface area contributed by atoms with Crippen LogP contribution in [-0.4, -0.2) is 6.04 Å². The van der Waals surface area contributed by atoms with Gasteiger partial charge in [-0.25, -0.2) is 0 Å². The molecule has 0 spiro atoms. The van der Waals surface area contributed by atoms with Crippen molar-refractivity contribution in [3.05, 3.63) is 0 Å². The molecule has 0 aromatic heterocycles. The number of rotatable bonds is 4. The van der Waals surface area contributed by atoms with E-state index in [-0.39, 0.29) is 0 Å². The normalized spacial score (nSPS) is 40.7. The summed E-state index contributed by atoms with van der Waals surface area (Å²) in [4.78, 5) is 0. The number of hydrogen-bond donors (Lipinski definition) is 2. The van der Waals surface area contributed by atoms with E-state index in [1.807, 2.05) is 0 Å². The maximum Gasteiger partial charge on any atom is 0.0241 e. The molecule has 2 nitrogen and oxygen atoms in total. The molecule has 3 atom stereocenters. The van der Waals surface area contributed by atoms with Crippen molar-refractivity contribution in [3.8, 4) is 0 Å². The summed E-state index contributed by atoms with van der Waals surface area (Å²) in [7, 11) is 0. The first-order chi connectivity index (χ1) is 7.86. The minimum absolute atomic E-state index is 0.621. The second kappa shape index (κ2) is 4.66.